The van der Waals surface area contributed by atoms with Crippen LogP contribution in [0.5, 0.6) is 0 Å². The molecule has 1 atom stereocenters. The lowest BCUT2D eigenvalue weighted by Crippen LogP contribution is -2.30. The molecule has 0 saturated heterocycles. The summed E-state index contributed by atoms with van der Waals surface area (Å²) in [5.41, 5.74) is 0.534. The first-order valence-corrected chi connectivity index (χ1v) is 11.5. The van der Waals surface area contributed by atoms with Crippen LogP contribution in [0.4, 0.5) is 15.8 Å². The highest BCUT2D eigenvalue weighted by Gasteiger charge is 2.26. The lowest BCUT2D eigenvalue weighted by molar-refractivity contribution is -0.123. The van der Waals surface area contributed by atoms with Crippen molar-refractivity contribution in [3.05, 3.63) is 89.2 Å². The molecule has 0 bridgehead atoms. The summed E-state index contributed by atoms with van der Waals surface area (Å²) in [6, 6.07) is 17.1. The largest absolute Gasteiger partial charge is 0.449 e. The summed E-state index contributed by atoms with van der Waals surface area (Å²) >= 11 is 6.10. The molecule has 172 valence electrons. The quantitative estimate of drug-likeness (QED) is 0.493. The standard InChI is InChI=1S/C23H20ClFN2O5S/c1-15(22(28)26-17-6-4-3-5-7-17)32-23(29)20-14-19(12-13-21(20)24)33(30,31)27(2)18-10-8-16(25)9-11-18/h3-15H,1-2H3,(H,26,28)/t15-/m1/s1. The maximum absolute atomic E-state index is 13.2. The highest BCUT2D eigenvalue weighted by molar-refractivity contribution is 7.92. The number of ether oxygens (including phenoxy) is 1. The SMILES string of the molecule is C[C@@H](OC(=O)c1cc(S(=O)(=O)N(C)c2ccc(F)cc2)ccc1Cl)C(=O)Nc1ccccc1. The molecule has 0 aliphatic carbocycles. The lowest BCUT2D eigenvalue weighted by Gasteiger charge is -2.20. The number of nitrogens with zero attached hydrogens (tertiary/aromatic N) is 1. The minimum atomic E-state index is -4.10. The molecule has 1 amide bonds. The van der Waals surface area contributed by atoms with Crippen LogP contribution in [0.15, 0.2) is 77.7 Å². The van der Waals surface area contributed by atoms with Crippen LogP contribution in [0.2, 0.25) is 5.02 Å². The van der Waals surface area contributed by atoms with Crippen LogP contribution >= 0.6 is 11.6 Å². The van der Waals surface area contributed by atoms with Crippen molar-refractivity contribution in [1.29, 1.82) is 0 Å². The van der Waals surface area contributed by atoms with Gasteiger partial charge in [-0.05, 0) is 61.5 Å². The molecule has 0 fully saturated rings. The van der Waals surface area contributed by atoms with Gasteiger partial charge in [-0.1, -0.05) is 29.8 Å². The summed E-state index contributed by atoms with van der Waals surface area (Å²) in [7, 11) is -2.80. The van der Waals surface area contributed by atoms with E-state index in [9.17, 15) is 22.4 Å². The fraction of sp³-hybridized carbons (Fsp3) is 0.130. The first kappa shape index (κ1) is 24.2. The van der Waals surface area contributed by atoms with Gasteiger partial charge in [0, 0.05) is 12.7 Å². The number of hydrogen-bond donors (Lipinski definition) is 1. The third-order valence-electron chi connectivity index (χ3n) is 4.70. The van der Waals surface area contributed by atoms with Crippen molar-refractivity contribution in [3.8, 4) is 0 Å². The number of carbonyl (C=O) groups excluding carboxylic acids is 2. The molecule has 7 nitrogen and oxygen atoms in total. The molecule has 1 N–H and O–H groups in total. The Bertz CT molecular complexity index is 1270. The fourth-order valence-electron chi connectivity index (χ4n) is 2.81. The molecule has 3 aromatic rings. The van der Waals surface area contributed by atoms with E-state index in [0.717, 1.165) is 22.5 Å². The number of para-hydroxylation sites is 1. The Morgan fingerprint density at radius 1 is 1.03 bits per heavy atom. The van der Waals surface area contributed by atoms with Crippen molar-refractivity contribution < 1.29 is 27.1 Å². The Labute approximate surface area is 195 Å². The second kappa shape index (κ2) is 10.0. The summed E-state index contributed by atoms with van der Waals surface area (Å²) in [6.07, 6.45) is -1.17. The van der Waals surface area contributed by atoms with Crippen LogP contribution in [0.1, 0.15) is 17.3 Å². The molecule has 0 radical (unpaired) electrons. The molecule has 3 aromatic carbocycles. The monoisotopic (exact) mass is 490 g/mol. The van der Waals surface area contributed by atoms with Crippen LogP contribution in [0, 0.1) is 5.82 Å². The number of nitrogens with one attached hydrogen (secondary N) is 1. The Morgan fingerprint density at radius 3 is 2.30 bits per heavy atom. The average molecular weight is 491 g/mol. The second-order valence-corrected chi connectivity index (χ2v) is 9.37. The topological polar surface area (TPSA) is 92.8 Å². The van der Waals surface area contributed by atoms with E-state index in [-0.39, 0.29) is 21.2 Å². The molecule has 10 heteroatoms. The fourth-order valence-corrected chi connectivity index (χ4v) is 4.23. The van der Waals surface area contributed by atoms with Gasteiger partial charge < -0.3 is 10.1 Å². The van der Waals surface area contributed by atoms with Gasteiger partial charge in [0.1, 0.15) is 5.82 Å². The highest BCUT2D eigenvalue weighted by Crippen LogP contribution is 2.26. The van der Waals surface area contributed by atoms with Gasteiger partial charge in [-0.3, -0.25) is 9.10 Å². The van der Waals surface area contributed by atoms with Crippen molar-refractivity contribution in [2.24, 2.45) is 0 Å². The normalized spacial score (nSPS) is 12.0. The number of carbonyl (C=O) groups is 2. The first-order valence-electron chi connectivity index (χ1n) is 9.70. The molecule has 33 heavy (non-hydrogen) atoms. The number of halogens is 2. The number of sulfonamides is 1. The van der Waals surface area contributed by atoms with Gasteiger partial charge in [-0.2, -0.15) is 0 Å². The first-order chi connectivity index (χ1) is 15.6. The molecular formula is C23H20ClFN2O5S. The molecule has 0 aromatic heterocycles. The summed E-state index contributed by atoms with van der Waals surface area (Å²) in [5.74, 6) is -2.03. The number of rotatable bonds is 7. The Hall–Kier alpha value is -3.43. The Morgan fingerprint density at radius 2 is 1.67 bits per heavy atom. The van der Waals surface area contributed by atoms with E-state index in [4.69, 9.17) is 16.3 Å². The molecule has 0 aliphatic rings. The zero-order chi connectivity index (χ0) is 24.2. The molecule has 0 aliphatic heterocycles. The predicted octanol–water partition coefficient (Wildman–Crippen LogP) is 4.49. The smallest absolute Gasteiger partial charge is 0.340 e. The Kier molecular flexibility index (Phi) is 7.35. The van der Waals surface area contributed by atoms with Gasteiger partial charge in [-0.25, -0.2) is 17.6 Å². The van der Waals surface area contributed by atoms with Gasteiger partial charge in [0.15, 0.2) is 6.10 Å². The number of benzene rings is 3. The van der Waals surface area contributed by atoms with Crippen LogP contribution < -0.4 is 9.62 Å². The summed E-state index contributed by atoms with van der Waals surface area (Å²) in [6.45, 7) is 1.38. The third-order valence-corrected chi connectivity index (χ3v) is 6.81. The van der Waals surface area contributed by atoms with Gasteiger partial charge in [0.2, 0.25) is 0 Å². The van der Waals surface area contributed by atoms with Crippen molar-refractivity contribution in [2.75, 3.05) is 16.7 Å². The molecular weight excluding hydrogens is 471 g/mol. The highest BCUT2D eigenvalue weighted by atomic mass is 35.5. The zero-order valence-corrected chi connectivity index (χ0v) is 19.2. The molecule has 0 spiro atoms. The number of hydrogen-bond acceptors (Lipinski definition) is 5. The van der Waals surface area contributed by atoms with Gasteiger partial charge in [-0.15, -0.1) is 0 Å². The van der Waals surface area contributed by atoms with Crippen LogP contribution in [-0.4, -0.2) is 33.4 Å². The maximum Gasteiger partial charge on any atom is 0.340 e. The average Bonchev–Trinajstić information content (AvgIpc) is 2.79. The number of esters is 1. The van der Waals surface area contributed by atoms with Crippen LogP contribution in [0.3, 0.4) is 0 Å². The van der Waals surface area contributed by atoms with E-state index in [2.05, 4.69) is 5.32 Å². The van der Waals surface area contributed by atoms with E-state index < -0.39 is 33.8 Å². The molecule has 0 unspecified atom stereocenters. The second-order valence-electron chi connectivity index (χ2n) is 6.99. The maximum atomic E-state index is 13.2. The van der Waals surface area contributed by atoms with Crippen molar-refractivity contribution in [3.63, 3.8) is 0 Å². The van der Waals surface area contributed by atoms with Crippen molar-refractivity contribution >= 4 is 44.9 Å². The zero-order valence-electron chi connectivity index (χ0n) is 17.7. The van der Waals surface area contributed by atoms with Crippen LogP contribution in [0.25, 0.3) is 0 Å². The van der Waals surface area contributed by atoms with Crippen molar-refractivity contribution in [1.82, 2.24) is 0 Å². The van der Waals surface area contributed by atoms with E-state index in [0.29, 0.717) is 5.69 Å². The van der Waals surface area contributed by atoms with Crippen molar-refractivity contribution in [2.45, 2.75) is 17.9 Å². The number of anilines is 2. The van der Waals surface area contributed by atoms with Gasteiger partial charge in [0.25, 0.3) is 15.9 Å². The van der Waals surface area contributed by atoms with E-state index in [1.807, 2.05) is 0 Å². The third kappa shape index (κ3) is 5.68. The van der Waals surface area contributed by atoms with Gasteiger partial charge in [0.05, 0.1) is 21.2 Å². The van der Waals surface area contributed by atoms with Gasteiger partial charge >= 0.3 is 5.97 Å². The molecule has 0 heterocycles. The van der Waals surface area contributed by atoms with E-state index in [1.165, 1.54) is 38.2 Å². The molecule has 0 saturated carbocycles. The minimum absolute atomic E-state index is 0.0425. The lowest BCUT2D eigenvalue weighted by atomic mass is 10.2. The predicted molar refractivity (Wildman–Crippen MR) is 123 cm³/mol. The minimum Gasteiger partial charge on any atom is -0.449 e. The van der Waals surface area contributed by atoms with E-state index >= 15 is 0 Å². The number of amides is 1. The summed E-state index contributed by atoms with van der Waals surface area (Å²) < 4.78 is 45.3. The van der Waals surface area contributed by atoms with Crippen LogP contribution in [-0.2, 0) is 19.6 Å². The summed E-state index contributed by atoms with van der Waals surface area (Å²) in [4.78, 5) is 24.7. The Balaban J connectivity index is 1.79. The summed E-state index contributed by atoms with van der Waals surface area (Å²) in [5, 5.41) is 2.56. The van der Waals surface area contributed by atoms with E-state index in [1.54, 1.807) is 30.3 Å². The molecule has 3 rings (SSSR count).